The molecular formula is C21H21ClN4O. The van der Waals surface area contributed by atoms with Gasteiger partial charge in [0.05, 0.1) is 22.4 Å². The predicted octanol–water partition coefficient (Wildman–Crippen LogP) is 3.86. The van der Waals surface area contributed by atoms with E-state index in [4.69, 9.17) is 11.6 Å². The summed E-state index contributed by atoms with van der Waals surface area (Å²) in [6, 6.07) is 13.4. The Morgan fingerprint density at radius 2 is 1.63 bits per heavy atom. The lowest BCUT2D eigenvalue weighted by atomic mass is 10.1. The largest absolute Gasteiger partial charge is 0.368 e. The van der Waals surface area contributed by atoms with Gasteiger partial charge in [-0.1, -0.05) is 17.7 Å². The van der Waals surface area contributed by atoms with E-state index in [1.54, 1.807) is 0 Å². The van der Waals surface area contributed by atoms with Crippen LogP contribution in [0, 0.1) is 13.8 Å². The summed E-state index contributed by atoms with van der Waals surface area (Å²) in [5.74, 6) is 0.0441. The highest BCUT2D eigenvalue weighted by Crippen LogP contribution is 2.22. The second-order valence-electron chi connectivity index (χ2n) is 6.86. The van der Waals surface area contributed by atoms with Crippen molar-refractivity contribution in [1.82, 2.24) is 14.9 Å². The molecule has 1 aliphatic heterocycles. The molecular weight excluding hydrogens is 360 g/mol. The molecule has 0 radical (unpaired) electrons. The molecule has 1 amide bonds. The number of hydrogen-bond donors (Lipinski definition) is 0. The highest BCUT2D eigenvalue weighted by atomic mass is 35.5. The van der Waals surface area contributed by atoms with E-state index < -0.39 is 0 Å². The van der Waals surface area contributed by atoms with Crippen LogP contribution in [0.3, 0.4) is 0 Å². The minimum Gasteiger partial charge on any atom is -0.368 e. The molecule has 1 saturated heterocycles. The Morgan fingerprint density at radius 3 is 2.33 bits per heavy atom. The number of benzene rings is 2. The van der Waals surface area contributed by atoms with Gasteiger partial charge < -0.3 is 9.80 Å². The van der Waals surface area contributed by atoms with Crippen LogP contribution in [0.15, 0.2) is 42.5 Å². The van der Waals surface area contributed by atoms with E-state index in [0.717, 1.165) is 46.2 Å². The average Bonchev–Trinajstić information content (AvgIpc) is 2.68. The first-order chi connectivity index (χ1) is 13.0. The van der Waals surface area contributed by atoms with Crippen LogP contribution in [0.4, 0.5) is 5.69 Å². The number of halogens is 1. The van der Waals surface area contributed by atoms with E-state index in [-0.39, 0.29) is 5.91 Å². The summed E-state index contributed by atoms with van der Waals surface area (Å²) in [5.41, 5.74) is 5.15. The van der Waals surface area contributed by atoms with Gasteiger partial charge in [-0.2, -0.15) is 0 Å². The van der Waals surface area contributed by atoms with Gasteiger partial charge in [0, 0.05) is 42.5 Å². The third kappa shape index (κ3) is 3.60. The van der Waals surface area contributed by atoms with Crippen LogP contribution in [0.5, 0.6) is 0 Å². The van der Waals surface area contributed by atoms with Crippen molar-refractivity contribution in [2.75, 3.05) is 31.1 Å². The molecule has 1 aliphatic rings. The maximum absolute atomic E-state index is 12.9. The number of anilines is 1. The van der Waals surface area contributed by atoms with Gasteiger partial charge in [0.1, 0.15) is 0 Å². The molecule has 0 N–H and O–H groups in total. The summed E-state index contributed by atoms with van der Waals surface area (Å²) in [5, 5.41) is 0.730. The first-order valence-electron chi connectivity index (χ1n) is 9.06. The van der Waals surface area contributed by atoms with Crippen molar-refractivity contribution in [3.63, 3.8) is 0 Å². The molecule has 0 bridgehead atoms. The molecule has 4 rings (SSSR count). The van der Waals surface area contributed by atoms with Crippen molar-refractivity contribution in [2.24, 2.45) is 0 Å². The Kier molecular flexibility index (Phi) is 4.70. The van der Waals surface area contributed by atoms with Gasteiger partial charge in [-0.25, -0.2) is 9.97 Å². The molecule has 3 aromatic rings. The number of aryl methyl sites for hydroxylation is 2. The molecule has 1 fully saturated rings. The molecule has 6 heteroatoms. The lowest BCUT2D eigenvalue weighted by Gasteiger charge is -2.36. The lowest BCUT2D eigenvalue weighted by molar-refractivity contribution is 0.0747. The quantitative estimate of drug-likeness (QED) is 0.677. The van der Waals surface area contributed by atoms with Crippen LogP contribution < -0.4 is 4.90 Å². The van der Waals surface area contributed by atoms with Gasteiger partial charge in [0.15, 0.2) is 0 Å². The second-order valence-corrected chi connectivity index (χ2v) is 7.29. The first-order valence-corrected chi connectivity index (χ1v) is 9.44. The van der Waals surface area contributed by atoms with Crippen LogP contribution >= 0.6 is 11.6 Å². The van der Waals surface area contributed by atoms with Crippen LogP contribution in [-0.4, -0.2) is 47.0 Å². The summed E-state index contributed by atoms with van der Waals surface area (Å²) in [6.45, 7) is 6.82. The van der Waals surface area contributed by atoms with Crippen molar-refractivity contribution in [2.45, 2.75) is 13.8 Å². The number of amides is 1. The number of carbonyl (C=O) groups excluding carboxylic acids is 1. The Balaban J connectivity index is 1.49. The molecule has 0 spiro atoms. The molecule has 27 heavy (non-hydrogen) atoms. The van der Waals surface area contributed by atoms with Crippen LogP contribution in [-0.2, 0) is 0 Å². The van der Waals surface area contributed by atoms with Crippen LogP contribution in [0.1, 0.15) is 21.7 Å². The molecule has 5 nitrogen and oxygen atoms in total. The Morgan fingerprint density at radius 1 is 0.926 bits per heavy atom. The number of hydrogen-bond acceptors (Lipinski definition) is 4. The highest BCUT2D eigenvalue weighted by Gasteiger charge is 2.23. The van der Waals surface area contributed by atoms with Crippen LogP contribution in [0.2, 0.25) is 5.02 Å². The van der Waals surface area contributed by atoms with Crippen molar-refractivity contribution in [1.29, 1.82) is 0 Å². The number of piperazine rings is 1. The maximum atomic E-state index is 12.9. The Bertz CT molecular complexity index is 1010. The fraction of sp³-hybridized carbons (Fsp3) is 0.286. The van der Waals surface area contributed by atoms with E-state index in [9.17, 15) is 4.79 Å². The van der Waals surface area contributed by atoms with Gasteiger partial charge in [0.2, 0.25) is 0 Å². The van der Waals surface area contributed by atoms with Crippen molar-refractivity contribution in [3.8, 4) is 0 Å². The summed E-state index contributed by atoms with van der Waals surface area (Å²) in [6.07, 6.45) is 0. The van der Waals surface area contributed by atoms with Gasteiger partial charge >= 0.3 is 0 Å². The normalized spacial score (nSPS) is 14.6. The highest BCUT2D eigenvalue weighted by molar-refractivity contribution is 6.30. The fourth-order valence-electron chi connectivity index (χ4n) is 3.39. The average molecular weight is 381 g/mol. The molecule has 1 aromatic heterocycles. The number of fused-ring (bicyclic) bond motifs is 1. The molecule has 0 saturated carbocycles. The molecule has 2 heterocycles. The summed E-state index contributed by atoms with van der Waals surface area (Å²) < 4.78 is 0. The summed E-state index contributed by atoms with van der Waals surface area (Å²) in [4.78, 5) is 26.2. The van der Waals surface area contributed by atoms with Crippen LogP contribution in [0.25, 0.3) is 11.0 Å². The number of nitrogens with zero attached hydrogens (tertiary/aromatic N) is 4. The number of carbonyl (C=O) groups is 1. The first kappa shape index (κ1) is 17.7. The molecule has 0 atom stereocenters. The third-order valence-corrected chi connectivity index (χ3v) is 5.30. The zero-order valence-corrected chi connectivity index (χ0v) is 16.2. The SMILES string of the molecule is Cc1nc2ccc(C(=O)N3CCN(c4cccc(Cl)c4)CC3)cc2nc1C. The zero-order valence-electron chi connectivity index (χ0n) is 15.4. The van der Waals surface area contributed by atoms with Crippen molar-refractivity contribution < 1.29 is 4.79 Å². The number of aromatic nitrogens is 2. The maximum Gasteiger partial charge on any atom is 0.254 e. The van der Waals surface area contributed by atoms with Gasteiger partial charge in [-0.3, -0.25) is 4.79 Å². The molecule has 0 aliphatic carbocycles. The third-order valence-electron chi connectivity index (χ3n) is 5.06. The minimum atomic E-state index is 0.0441. The molecule has 138 valence electrons. The number of rotatable bonds is 2. The monoisotopic (exact) mass is 380 g/mol. The Labute approximate surface area is 163 Å². The standard InChI is InChI=1S/C21H21ClN4O/c1-14-15(2)24-20-12-16(6-7-19(20)23-14)21(27)26-10-8-25(9-11-26)18-5-3-4-17(22)13-18/h3-7,12-13H,8-11H2,1-2H3. The van der Waals surface area contributed by atoms with E-state index >= 15 is 0 Å². The zero-order chi connectivity index (χ0) is 19.0. The summed E-state index contributed by atoms with van der Waals surface area (Å²) in [7, 11) is 0. The van der Waals surface area contributed by atoms with Gasteiger partial charge in [0.25, 0.3) is 5.91 Å². The van der Waals surface area contributed by atoms with E-state index in [2.05, 4.69) is 20.9 Å². The van der Waals surface area contributed by atoms with Crippen molar-refractivity contribution in [3.05, 3.63) is 64.4 Å². The lowest BCUT2D eigenvalue weighted by Crippen LogP contribution is -2.48. The second kappa shape index (κ2) is 7.16. The van der Waals surface area contributed by atoms with Gasteiger partial charge in [-0.05, 0) is 50.2 Å². The Hall–Kier alpha value is -2.66. The topological polar surface area (TPSA) is 49.3 Å². The van der Waals surface area contributed by atoms with E-state index in [1.165, 1.54) is 0 Å². The van der Waals surface area contributed by atoms with E-state index in [1.807, 2.05) is 55.1 Å². The molecule has 2 aromatic carbocycles. The summed E-state index contributed by atoms with van der Waals surface area (Å²) >= 11 is 6.09. The minimum absolute atomic E-state index is 0.0441. The van der Waals surface area contributed by atoms with Gasteiger partial charge in [-0.15, -0.1) is 0 Å². The fourth-order valence-corrected chi connectivity index (χ4v) is 3.57. The smallest absolute Gasteiger partial charge is 0.254 e. The van der Waals surface area contributed by atoms with E-state index in [0.29, 0.717) is 18.7 Å². The molecule has 0 unspecified atom stereocenters. The predicted molar refractivity (Wildman–Crippen MR) is 109 cm³/mol. The van der Waals surface area contributed by atoms with Crippen molar-refractivity contribution >= 4 is 34.2 Å².